The highest BCUT2D eigenvalue weighted by atomic mass is 32.1. The molecule has 0 spiro atoms. The first kappa shape index (κ1) is 21.4. The molecule has 0 aliphatic heterocycles. The minimum absolute atomic E-state index is 0.00855. The van der Waals surface area contributed by atoms with Gasteiger partial charge in [0.15, 0.2) is 5.11 Å². The number of carbonyl (C=O) groups is 2. The summed E-state index contributed by atoms with van der Waals surface area (Å²) < 4.78 is 5.66. The second kappa shape index (κ2) is 11.7. The Balaban J connectivity index is 1.73. The normalized spacial score (nSPS) is 10.0. The summed E-state index contributed by atoms with van der Waals surface area (Å²) in [5.74, 6) is 0.00486. The molecule has 2 amide bonds. The fourth-order valence-electron chi connectivity index (χ4n) is 2.40. The van der Waals surface area contributed by atoms with Crippen molar-refractivity contribution in [2.24, 2.45) is 0 Å². The Morgan fingerprint density at radius 1 is 0.857 bits per heavy atom. The van der Waals surface area contributed by atoms with Crippen molar-refractivity contribution in [3.63, 3.8) is 0 Å². The third-order valence-electron chi connectivity index (χ3n) is 3.94. The van der Waals surface area contributed by atoms with E-state index in [1.165, 1.54) is 12.8 Å². The van der Waals surface area contributed by atoms with Crippen LogP contribution in [0.4, 0.5) is 0 Å². The number of rotatable bonds is 8. The predicted octanol–water partition coefficient (Wildman–Crippen LogP) is 3.60. The topological polar surface area (TPSA) is 79.5 Å². The molecule has 0 aliphatic carbocycles. The van der Waals surface area contributed by atoms with Crippen molar-refractivity contribution in [1.29, 1.82) is 0 Å². The molecule has 0 atom stereocenters. The van der Waals surface area contributed by atoms with Crippen LogP contribution in [0.2, 0.25) is 0 Å². The van der Waals surface area contributed by atoms with Crippen LogP contribution in [-0.4, -0.2) is 23.5 Å². The third kappa shape index (κ3) is 7.36. The molecule has 2 aromatic carbocycles. The molecule has 0 radical (unpaired) electrons. The number of hydrogen-bond acceptors (Lipinski definition) is 4. The van der Waals surface area contributed by atoms with E-state index in [-0.39, 0.29) is 16.9 Å². The zero-order chi connectivity index (χ0) is 20.2. The highest BCUT2D eigenvalue weighted by Gasteiger charge is 2.09. The van der Waals surface area contributed by atoms with Gasteiger partial charge >= 0.3 is 0 Å². The van der Waals surface area contributed by atoms with Crippen molar-refractivity contribution in [2.75, 3.05) is 6.61 Å². The van der Waals surface area contributed by atoms with Crippen LogP contribution in [0.5, 0.6) is 5.75 Å². The van der Waals surface area contributed by atoms with Crippen LogP contribution in [0.25, 0.3) is 0 Å². The molecule has 28 heavy (non-hydrogen) atoms. The number of thiocarbonyl (C=S) groups is 1. The Hall–Kier alpha value is -2.93. The Kier molecular flexibility index (Phi) is 8.94. The van der Waals surface area contributed by atoms with Gasteiger partial charge in [0.2, 0.25) is 0 Å². The van der Waals surface area contributed by atoms with Crippen LogP contribution < -0.4 is 20.9 Å². The van der Waals surface area contributed by atoms with E-state index in [4.69, 9.17) is 17.0 Å². The second-order valence-electron chi connectivity index (χ2n) is 6.16. The minimum atomic E-state index is -0.370. The van der Waals surface area contributed by atoms with E-state index in [0.717, 1.165) is 18.6 Å². The summed E-state index contributed by atoms with van der Waals surface area (Å²) in [5, 5.41) is 2.50. The molecule has 7 heteroatoms. The van der Waals surface area contributed by atoms with Gasteiger partial charge in [-0.3, -0.25) is 25.8 Å². The summed E-state index contributed by atoms with van der Waals surface area (Å²) in [6.07, 6.45) is 4.58. The van der Waals surface area contributed by atoms with Gasteiger partial charge < -0.3 is 4.74 Å². The minimum Gasteiger partial charge on any atom is -0.494 e. The molecule has 0 fully saturated rings. The molecule has 0 bridgehead atoms. The molecule has 2 aromatic rings. The molecular weight excluding hydrogens is 374 g/mol. The quantitative estimate of drug-likeness (QED) is 0.359. The van der Waals surface area contributed by atoms with Gasteiger partial charge in [0, 0.05) is 11.1 Å². The fourth-order valence-corrected chi connectivity index (χ4v) is 2.55. The van der Waals surface area contributed by atoms with Crippen LogP contribution >= 0.6 is 12.2 Å². The summed E-state index contributed by atoms with van der Waals surface area (Å²) in [6.45, 7) is 2.84. The van der Waals surface area contributed by atoms with Gasteiger partial charge in [-0.2, -0.15) is 0 Å². The largest absolute Gasteiger partial charge is 0.494 e. The number of ether oxygens (including phenoxy) is 1. The van der Waals surface area contributed by atoms with Crippen molar-refractivity contribution in [1.82, 2.24) is 16.2 Å². The molecule has 0 saturated heterocycles. The fraction of sp³-hybridized carbons (Fsp3) is 0.286. The summed E-state index contributed by atoms with van der Waals surface area (Å²) in [5.41, 5.74) is 5.90. The lowest BCUT2D eigenvalue weighted by Gasteiger charge is -2.11. The molecule has 0 heterocycles. The Morgan fingerprint density at radius 3 is 2.21 bits per heavy atom. The van der Waals surface area contributed by atoms with E-state index in [1.807, 2.05) is 6.07 Å². The van der Waals surface area contributed by atoms with Gasteiger partial charge in [0.05, 0.1) is 6.61 Å². The lowest BCUT2D eigenvalue weighted by atomic mass is 10.2. The average Bonchev–Trinajstić information content (AvgIpc) is 2.73. The molecule has 3 N–H and O–H groups in total. The zero-order valence-corrected chi connectivity index (χ0v) is 16.7. The van der Waals surface area contributed by atoms with E-state index < -0.39 is 0 Å². The van der Waals surface area contributed by atoms with Gasteiger partial charge in [-0.15, -0.1) is 0 Å². The monoisotopic (exact) mass is 399 g/mol. The Labute approximate surface area is 170 Å². The molecule has 0 unspecified atom stereocenters. The maximum Gasteiger partial charge on any atom is 0.269 e. The molecule has 6 nitrogen and oxygen atoms in total. The summed E-state index contributed by atoms with van der Waals surface area (Å²) >= 11 is 5.02. The summed E-state index contributed by atoms with van der Waals surface area (Å²) in [7, 11) is 0. The second-order valence-corrected chi connectivity index (χ2v) is 6.57. The number of carbonyl (C=O) groups excluding carboxylic acids is 2. The number of hydrogen-bond donors (Lipinski definition) is 3. The van der Waals surface area contributed by atoms with Crippen LogP contribution in [0.15, 0.2) is 54.6 Å². The summed E-state index contributed by atoms with van der Waals surface area (Å²) in [4.78, 5) is 24.1. The molecule has 0 saturated carbocycles. The SMILES string of the molecule is CCCCCCOc1ccc(C(=O)NNC(=S)NC(=O)c2ccccc2)cc1. The molecular formula is C21H25N3O3S. The summed E-state index contributed by atoms with van der Waals surface area (Å²) in [6, 6.07) is 15.5. The zero-order valence-electron chi connectivity index (χ0n) is 15.9. The highest BCUT2D eigenvalue weighted by Crippen LogP contribution is 2.13. The maximum atomic E-state index is 12.2. The van der Waals surface area contributed by atoms with Gasteiger partial charge in [-0.05, 0) is 55.0 Å². The maximum absolute atomic E-state index is 12.2. The van der Waals surface area contributed by atoms with Gasteiger partial charge in [-0.1, -0.05) is 44.4 Å². The van der Waals surface area contributed by atoms with Crippen molar-refractivity contribution in [3.8, 4) is 5.75 Å². The van der Waals surface area contributed by atoms with Crippen molar-refractivity contribution in [2.45, 2.75) is 32.6 Å². The van der Waals surface area contributed by atoms with E-state index in [1.54, 1.807) is 48.5 Å². The van der Waals surface area contributed by atoms with Crippen LogP contribution in [0.1, 0.15) is 53.3 Å². The lowest BCUT2D eigenvalue weighted by molar-refractivity contribution is 0.0934. The van der Waals surface area contributed by atoms with Crippen LogP contribution in [0, 0.1) is 0 Å². The van der Waals surface area contributed by atoms with E-state index in [2.05, 4.69) is 23.1 Å². The van der Waals surface area contributed by atoms with Crippen molar-refractivity contribution < 1.29 is 14.3 Å². The van der Waals surface area contributed by atoms with E-state index >= 15 is 0 Å². The molecule has 148 valence electrons. The van der Waals surface area contributed by atoms with Crippen LogP contribution in [0.3, 0.4) is 0 Å². The van der Waals surface area contributed by atoms with Gasteiger partial charge in [0.1, 0.15) is 5.75 Å². The smallest absolute Gasteiger partial charge is 0.269 e. The number of unbranched alkanes of at least 4 members (excludes halogenated alkanes) is 3. The van der Waals surface area contributed by atoms with Crippen molar-refractivity contribution in [3.05, 3.63) is 65.7 Å². The third-order valence-corrected chi connectivity index (χ3v) is 4.14. The van der Waals surface area contributed by atoms with E-state index in [9.17, 15) is 9.59 Å². The standard InChI is InChI=1S/C21H25N3O3S/c1-2-3-4-8-15-27-18-13-11-17(12-14-18)20(26)23-24-21(28)22-19(25)16-9-6-5-7-10-16/h5-7,9-14H,2-4,8,15H2,1H3,(H,23,26)(H2,22,24,25,28). The molecule has 0 aliphatic rings. The first-order chi connectivity index (χ1) is 13.6. The molecule has 2 rings (SSSR count). The number of benzene rings is 2. The Bertz CT molecular complexity index is 779. The van der Waals surface area contributed by atoms with Gasteiger partial charge in [0.25, 0.3) is 11.8 Å². The highest BCUT2D eigenvalue weighted by molar-refractivity contribution is 7.80. The average molecular weight is 400 g/mol. The number of hydrazine groups is 1. The first-order valence-corrected chi connectivity index (χ1v) is 9.70. The predicted molar refractivity (Wildman–Crippen MR) is 113 cm³/mol. The number of amides is 2. The van der Waals surface area contributed by atoms with Gasteiger partial charge in [-0.25, -0.2) is 0 Å². The van der Waals surface area contributed by atoms with E-state index in [0.29, 0.717) is 17.7 Å². The van der Waals surface area contributed by atoms with Crippen LogP contribution in [-0.2, 0) is 0 Å². The first-order valence-electron chi connectivity index (χ1n) is 9.29. The Morgan fingerprint density at radius 2 is 1.54 bits per heavy atom. The number of nitrogens with one attached hydrogen (secondary N) is 3. The lowest BCUT2D eigenvalue weighted by Crippen LogP contribution is -2.48. The van der Waals surface area contributed by atoms with Crippen molar-refractivity contribution >= 4 is 29.1 Å². The molecule has 0 aromatic heterocycles.